The molecule has 3 aromatic rings. The lowest BCUT2D eigenvalue weighted by molar-refractivity contribution is -0.121. The predicted octanol–water partition coefficient (Wildman–Crippen LogP) is 3.59. The molecule has 0 radical (unpaired) electrons. The summed E-state index contributed by atoms with van der Waals surface area (Å²) in [7, 11) is -3.92. The van der Waals surface area contributed by atoms with E-state index in [1.807, 2.05) is 10.8 Å². The molecule has 0 fully saturated rings. The van der Waals surface area contributed by atoms with Gasteiger partial charge >= 0.3 is 0 Å². The molecule has 3 rings (SSSR count). The van der Waals surface area contributed by atoms with Crippen molar-refractivity contribution >= 4 is 39.1 Å². The normalized spacial score (nSPS) is 11.6. The maximum absolute atomic E-state index is 13.2. The van der Waals surface area contributed by atoms with Gasteiger partial charge in [-0.1, -0.05) is 47.5 Å². The molecule has 1 heterocycles. The van der Waals surface area contributed by atoms with Crippen molar-refractivity contribution in [1.29, 1.82) is 0 Å². The van der Waals surface area contributed by atoms with Crippen LogP contribution in [0.5, 0.6) is 0 Å². The molecule has 1 aromatic heterocycles. The standard InChI is InChI=1S/C21H22Cl2N4O3S/c22-18-8-7-17(20(23)13-18)14-27(31(29,30)19-5-2-1-3-6-19)15-21(28)25-9-4-11-26-12-10-24-16-26/h1-3,5-8,10,12-13,16H,4,9,11,14-15H2,(H,25,28). The highest BCUT2D eigenvalue weighted by Crippen LogP contribution is 2.25. The van der Waals surface area contributed by atoms with E-state index in [-0.39, 0.29) is 18.0 Å². The van der Waals surface area contributed by atoms with Gasteiger partial charge in [-0.2, -0.15) is 4.31 Å². The smallest absolute Gasteiger partial charge is 0.243 e. The maximum Gasteiger partial charge on any atom is 0.243 e. The van der Waals surface area contributed by atoms with E-state index < -0.39 is 15.9 Å². The lowest BCUT2D eigenvalue weighted by Gasteiger charge is -2.22. The first-order chi connectivity index (χ1) is 14.9. The molecule has 164 valence electrons. The van der Waals surface area contributed by atoms with Gasteiger partial charge in [0.15, 0.2) is 0 Å². The molecule has 1 N–H and O–H groups in total. The number of hydrogen-bond acceptors (Lipinski definition) is 4. The Balaban J connectivity index is 1.71. The first kappa shape index (κ1) is 23.3. The number of halogens is 2. The summed E-state index contributed by atoms with van der Waals surface area (Å²) in [5.41, 5.74) is 0.554. The number of rotatable bonds is 10. The lowest BCUT2D eigenvalue weighted by Crippen LogP contribution is -2.40. The topological polar surface area (TPSA) is 84.3 Å². The molecule has 10 heteroatoms. The van der Waals surface area contributed by atoms with Crippen molar-refractivity contribution in [2.24, 2.45) is 0 Å². The fourth-order valence-corrected chi connectivity index (χ4v) is 4.80. The van der Waals surface area contributed by atoms with Crippen LogP contribution in [0.3, 0.4) is 0 Å². The number of aromatic nitrogens is 2. The van der Waals surface area contributed by atoms with E-state index >= 15 is 0 Å². The highest BCUT2D eigenvalue weighted by atomic mass is 35.5. The van der Waals surface area contributed by atoms with Gasteiger partial charge in [-0.15, -0.1) is 0 Å². The van der Waals surface area contributed by atoms with Gasteiger partial charge in [0.1, 0.15) is 0 Å². The Morgan fingerprint density at radius 3 is 2.58 bits per heavy atom. The van der Waals surface area contributed by atoms with E-state index in [0.29, 0.717) is 35.1 Å². The number of benzene rings is 2. The summed E-state index contributed by atoms with van der Waals surface area (Å²) >= 11 is 12.2. The molecule has 0 saturated heterocycles. The third kappa shape index (κ3) is 6.54. The van der Waals surface area contributed by atoms with Crippen LogP contribution < -0.4 is 5.32 Å². The molecular formula is C21H22Cl2N4O3S. The molecule has 0 aliphatic heterocycles. The Hall–Kier alpha value is -2.39. The summed E-state index contributed by atoms with van der Waals surface area (Å²) in [5, 5.41) is 3.56. The second-order valence-corrected chi connectivity index (χ2v) is 9.61. The first-order valence-corrected chi connectivity index (χ1v) is 11.8. The van der Waals surface area contributed by atoms with E-state index in [1.54, 1.807) is 48.9 Å². The van der Waals surface area contributed by atoms with Gasteiger partial charge in [0.05, 0.1) is 17.8 Å². The Kier molecular flexibility index (Phi) is 8.09. The first-order valence-electron chi connectivity index (χ1n) is 9.58. The van der Waals surface area contributed by atoms with Crippen LogP contribution in [0.4, 0.5) is 0 Å². The summed E-state index contributed by atoms with van der Waals surface area (Å²) in [6.45, 7) is 0.724. The van der Waals surface area contributed by atoms with Crippen molar-refractivity contribution in [3.8, 4) is 0 Å². The van der Waals surface area contributed by atoms with Crippen LogP contribution in [0, 0.1) is 0 Å². The van der Waals surface area contributed by atoms with Crippen LogP contribution in [0.15, 0.2) is 72.1 Å². The second kappa shape index (κ2) is 10.8. The molecule has 2 aromatic carbocycles. The summed E-state index contributed by atoms with van der Waals surface area (Å²) in [6, 6.07) is 12.8. The highest BCUT2D eigenvalue weighted by Gasteiger charge is 2.27. The monoisotopic (exact) mass is 480 g/mol. The zero-order valence-corrected chi connectivity index (χ0v) is 18.9. The minimum Gasteiger partial charge on any atom is -0.355 e. The number of aryl methyl sites for hydroxylation is 1. The quantitative estimate of drug-likeness (QED) is 0.449. The van der Waals surface area contributed by atoms with Crippen molar-refractivity contribution < 1.29 is 13.2 Å². The molecule has 0 spiro atoms. The number of carbonyl (C=O) groups excluding carboxylic acids is 1. The maximum atomic E-state index is 13.2. The molecule has 0 unspecified atom stereocenters. The summed E-state index contributed by atoms with van der Waals surface area (Å²) in [6.07, 6.45) is 5.92. The van der Waals surface area contributed by atoms with Gasteiger partial charge in [0.2, 0.25) is 15.9 Å². The number of hydrogen-bond donors (Lipinski definition) is 1. The van der Waals surface area contributed by atoms with E-state index in [1.165, 1.54) is 12.1 Å². The van der Waals surface area contributed by atoms with E-state index in [9.17, 15) is 13.2 Å². The van der Waals surface area contributed by atoms with Crippen LogP contribution in [0.25, 0.3) is 0 Å². The zero-order valence-electron chi connectivity index (χ0n) is 16.6. The number of nitrogens with zero attached hydrogens (tertiary/aromatic N) is 3. The average molecular weight is 481 g/mol. The van der Waals surface area contributed by atoms with E-state index in [0.717, 1.165) is 4.31 Å². The number of sulfonamides is 1. The minimum absolute atomic E-state index is 0.0598. The summed E-state index contributed by atoms with van der Waals surface area (Å²) in [4.78, 5) is 16.6. The van der Waals surface area contributed by atoms with E-state index in [4.69, 9.17) is 23.2 Å². The Labute approximate surface area is 191 Å². The van der Waals surface area contributed by atoms with Crippen LogP contribution in [0.2, 0.25) is 10.0 Å². The van der Waals surface area contributed by atoms with Crippen LogP contribution in [-0.2, 0) is 27.9 Å². The summed E-state index contributed by atoms with van der Waals surface area (Å²) in [5.74, 6) is -0.393. The number of nitrogens with one attached hydrogen (secondary N) is 1. The molecule has 0 aliphatic carbocycles. The molecule has 7 nitrogen and oxygen atoms in total. The predicted molar refractivity (Wildman–Crippen MR) is 120 cm³/mol. The summed E-state index contributed by atoms with van der Waals surface area (Å²) < 4.78 is 29.4. The molecule has 0 saturated carbocycles. The Morgan fingerprint density at radius 1 is 1.13 bits per heavy atom. The Morgan fingerprint density at radius 2 is 1.90 bits per heavy atom. The fourth-order valence-electron chi connectivity index (χ4n) is 2.93. The van der Waals surface area contributed by atoms with Crippen molar-refractivity contribution in [3.05, 3.63) is 82.9 Å². The molecule has 1 amide bonds. The van der Waals surface area contributed by atoms with Crippen LogP contribution in [0.1, 0.15) is 12.0 Å². The van der Waals surface area contributed by atoms with Gasteiger partial charge < -0.3 is 9.88 Å². The SMILES string of the molecule is O=C(CN(Cc1ccc(Cl)cc1Cl)S(=O)(=O)c1ccccc1)NCCCn1ccnc1. The fraction of sp³-hybridized carbons (Fsp3) is 0.238. The molecule has 0 atom stereocenters. The van der Waals surface area contributed by atoms with Crippen LogP contribution in [-0.4, -0.2) is 41.3 Å². The number of carbonyl (C=O) groups is 1. The number of imidazole rings is 1. The van der Waals surface area contributed by atoms with Gasteiger partial charge in [-0.25, -0.2) is 13.4 Å². The van der Waals surface area contributed by atoms with Crippen LogP contribution >= 0.6 is 23.2 Å². The van der Waals surface area contributed by atoms with Crippen molar-refractivity contribution in [1.82, 2.24) is 19.2 Å². The van der Waals surface area contributed by atoms with Gasteiger partial charge in [-0.05, 0) is 36.2 Å². The molecular weight excluding hydrogens is 459 g/mol. The average Bonchev–Trinajstić information content (AvgIpc) is 3.27. The second-order valence-electron chi connectivity index (χ2n) is 6.83. The third-order valence-corrected chi connectivity index (χ3v) is 6.93. The third-order valence-electron chi connectivity index (χ3n) is 4.54. The van der Waals surface area contributed by atoms with Crippen molar-refractivity contribution in [2.75, 3.05) is 13.1 Å². The largest absolute Gasteiger partial charge is 0.355 e. The Bertz CT molecular complexity index is 1110. The van der Waals surface area contributed by atoms with Gasteiger partial charge in [-0.3, -0.25) is 4.79 Å². The van der Waals surface area contributed by atoms with Gasteiger partial charge in [0.25, 0.3) is 0 Å². The van der Waals surface area contributed by atoms with Crippen molar-refractivity contribution in [2.45, 2.75) is 24.4 Å². The molecule has 31 heavy (non-hydrogen) atoms. The lowest BCUT2D eigenvalue weighted by atomic mass is 10.2. The molecule has 0 aliphatic rings. The highest BCUT2D eigenvalue weighted by molar-refractivity contribution is 7.89. The zero-order chi connectivity index (χ0) is 22.3. The minimum atomic E-state index is -3.92. The van der Waals surface area contributed by atoms with E-state index in [2.05, 4.69) is 10.3 Å². The number of amides is 1. The van der Waals surface area contributed by atoms with Gasteiger partial charge in [0, 0.05) is 42.1 Å². The van der Waals surface area contributed by atoms with Crippen molar-refractivity contribution in [3.63, 3.8) is 0 Å². The molecule has 0 bridgehead atoms.